The first kappa shape index (κ1) is 18.9. The van der Waals surface area contributed by atoms with Crippen LogP contribution in [0.15, 0.2) is 17.1 Å². The molecule has 0 saturated heterocycles. The molecule has 0 aliphatic rings. The number of carbonyl (C=O) groups is 2. The fourth-order valence-corrected chi connectivity index (χ4v) is 2.08. The van der Waals surface area contributed by atoms with Crippen LogP contribution in [-0.2, 0) is 9.53 Å². The number of hydrogen-bond donors (Lipinski definition) is 1. The maximum absolute atomic E-state index is 11.9. The molecule has 1 aromatic carbocycles. The Morgan fingerprint density at radius 1 is 1.43 bits per heavy atom. The van der Waals surface area contributed by atoms with E-state index in [0.29, 0.717) is 6.54 Å². The summed E-state index contributed by atoms with van der Waals surface area (Å²) in [6.07, 6.45) is 1.11. The second kappa shape index (κ2) is 9.13. The average molecular weight is 356 g/mol. The van der Waals surface area contributed by atoms with Gasteiger partial charge in [0.2, 0.25) is 0 Å². The molecular weight excluding hydrogens is 341 g/mol. The van der Waals surface area contributed by atoms with Gasteiger partial charge in [0, 0.05) is 17.8 Å². The molecule has 8 heteroatoms. The number of hydrogen-bond acceptors (Lipinski definition) is 5. The Hall–Kier alpha value is -2.10. The quantitative estimate of drug-likeness (QED) is 0.626. The topological polar surface area (TPSA) is 91.5 Å². The molecular formula is C15H15Cl2N3O3. The molecule has 1 rings (SSSR count). The molecule has 1 N–H and O–H groups in total. The molecule has 0 bridgehead atoms. The Morgan fingerprint density at radius 3 is 2.70 bits per heavy atom. The number of nitrogens with one attached hydrogen (secondary N) is 1. The van der Waals surface area contributed by atoms with Crippen LogP contribution in [0.3, 0.4) is 0 Å². The molecule has 0 radical (unpaired) electrons. The Kier molecular flexibility index (Phi) is 7.52. The zero-order chi connectivity index (χ0) is 17.4. The summed E-state index contributed by atoms with van der Waals surface area (Å²) in [7, 11) is 0. The average Bonchev–Trinajstić information content (AvgIpc) is 2.51. The lowest BCUT2D eigenvalue weighted by atomic mass is 10.1. The van der Waals surface area contributed by atoms with E-state index in [0.717, 1.165) is 6.21 Å². The van der Waals surface area contributed by atoms with Gasteiger partial charge in [-0.25, -0.2) is 0 Å². The minimum atomic E-state index is -1.17. The van der Waals surface area contributed by atoms with E-state index in [-0.39, 0.29) is 27.9 Å². The van der Waals surface area contributed by atoms with E-state index in [9.17, 15) is 9.59 Å². The zero-order valence-electron chi connectivity index (χ0n) is 12.6. The van der Waals surface area contributed by atoms with Crippen LogP contribution in [0.5, 0.6) is 0 Å². The van der Waals surface area contributed by atoms with Gasteiger partial charge in [0.15, 0.2) is 5.92 Å². The maximum atomic E-state index is 11.9. The molecule has 0 aromatic heterocycles. The largest absolute Gasteiger partial charge is 0.465 e. The second-order valence-electron chi connectivity index (χ2n) is 4.28. The Morgan fingerprint density at radius 2 is 2.13 bits per heavy atom. The lowest BCUT2D eigenvalue weighted by Gasteiger charge is -2.08. The third kappa shape index (κ3) is 5.23. The van der Waals surface area contributed by atoms with Crippen LogP contribution in [0, 0.1) is 17.2 Å². The van der Waals surface area contributed by atoms with Crippen molar-refractivity contribution in [1.29, 1.82) is 5.26 Å². The molecule has 0 heterocycles. The standard InChI is InChI=1S/C15H15Cl2N3O3/c1-3-19-14(21)11-5-10(16)6-12(13(11)17)20-8-9(7-18)15(22)23-4-2/h5-6,8-9H,3-4H2,1-2H3,(H,19,21). The summed E-state index contributed by atoms with van der Waals surface area (Å²) in [5.41, 5.74) is 0.350. The SMILES string of the molecule is CCNC(=O)c1cc(Cl)cc(N=CC(C#N)C(=O)OCC)c1Cl. The summed E-state index contributed by atoms with van der Waals surface area (Å²) in [5, 5.41) is 11.9. The summed E-state index contributed by atoms with van der Waals surface area (Å²) in [6, 6.07) is 4.62. The first-order valence-electron chi connectivity index (χ1n) is 6.82. The van der Waals surface area contributed by atoms with Gasteiger partial charge in [-0.1, -0.05) is 23.2 Å². The molecule has 1 unspecified atom stereocenters. The van der Waals surface area contributed by atoms with Crippen LogP contribution in [0.4, 0.5) is 5.69 Å². The van der Waals surface area contributed by atoms with Crippen LogP contribution in [-0.4, -0.2) is 31.2 Å². The van der Waals surface area contributed by atoms with Gasteiger partial charge in [-0.15, -0.1) is 0 Å². The Labute approximate surface area is 144 Å². The van der Waals surface area contributed by atoms with Gasteiger partial charge < -0.3 is 10.1 Å². The highest BCUT2D eigenvalue weighted by atomic mass is 35.5. The van der Waals surface area contributed by atoms with Gasteiger partial charge in [-0.2, -0.15) is 5.26 Å². The number of ether oxygens (including phenoxy) is 1. The van der Waals surface area contributed by atoms with Crippen molar-refractivity contribution >= 4 is 47.0 Å². The maximum Gasteiger partial charge on any atom is 0.328 e. The molecule has 1 aromatic rings. The van der Waals surface area contributed by atoms with E-state index >= 15 is 0 Å². The molecule has 23 heavy (non-hydrogen) atoms. The number of esters is 1. The number of carbonyl (C=O) groups excluding carboxylic acids is 2. The highest BCUT2D eigenvalue weighted by Gasteiger charge is 2.18. The van der Waals surface area contributed by atoms with Gasteiger partial charge in [0.1, 0.15) is 0 Å². The summed E-state index contributed by atoms with van der Waals surface area (Å²) < 4.78 is 4.76. The third-order valence-corrected chi connectivity index (χ3v) is 3.26. The number of aliphatic imine (C=N–C) groups is 1. The minimum absolute atomic E-state index is 0.0807. The van der Waals surface area contributed by atoms with E-state index < -0.39 is 17.8 Å². The van der Waals surface area contributed by atoms with Crippen LogP contribution >= 0.6 is 23.2 Å². The van der Waals surface area contributed by atoms with Gasteiger partial charge in [-0.3, -0.25) is 14.6 Å². The van der Waals surface area contributed by atoms with Crippen LogP contribution in [0.25, 0.3) is 0 Å². The highest BCUT2D eigenvalue weighted by molar-refractivity contribution is 6.38. The van der Waals surface area contributed by atoms with Crippen LogP contribution in [0.2, 0.25) is 10.0 Å². The van der Waals surface area contributed by atoms with Crippen molar-refractivity contribution in [2.24, 2.45) is 10.9 Å². The van der Waals surface area contributed by atoms with Crippen molar-refractivity contribution in [3.05, 3.63) is 27.7 Å². The Balaban J connectivity index is 3.13. The highest BCUT2D eigenvalue weighted by Crippen LogP contribution is 2.32. The monoisotopic (exact) mass is 355 g/mol. The first-order chi connectivity index (χ1) is 10.9. The number of nitriles is 1. The fraction of sp³-hybridized carbons (Fsp3) is 0.333. The lowest BCUT2D eigenvalue weighted by Crippen LogP contribution is -2.23. The predicted octanol–water partition coefficient (Wildman–Crippen LogP) is 3.15. The number of benzene rings is 1. The van der Waals surface area contributed by atoms with Gasteiger partial charge in [0.25, 0.3) is 5.91 Å². The first-order valence-corrected chi connectivity index (χ1v) is 7.57. The Bertz CT molecular complexity index is 669. The van der Waals surface area contributed by atoms with E-state index in [4.69, 9.17) is 33.2 Å². The van der Waals surface area contributed by atoms with Crippen molar-refractivity contribution in [2.75, 3.05) is 13.2 Å². The van der Waals surface area contributed by atoms with Gasteiger partial charge in [-0.05, 0) is 26.0 Å². The molecule has 122 valence electrons. The summed E-state index contributed by atoms with van der Waals surface area (Å²) in [6.45, 7) is 3.99. The van der Waals surface area contributed by atoms with E-state index in [1.807, 2.05) is 0 Å². The number of rotatable bonds is 6. The van der Waals surface area contributed by atoms with Crippen LogP contribution in [0.1, 0.15) is 24.2 Å². The zero-order valence-corrected chi connectivity index (χ0v) is 14.1. The van der Waals surface area contributed by atoms with Gasteiger partial charge in [0.05, 0.1) is 28.9 Å². The van der Waals surface area contributed by atoms with Crippen molar-refractivity contribution in [2.45, 2.75) is 13.8 Å². The minimum Gasteiger partial charge on any atom is -0.465 e. The molecule has 6 nitrogen and oxygen atoms in total. The summed E-state index contributed by atoms with van der Waals surface area (Å²) >= 11 is 12.1. The molecule has 0 aliphatic carbocycles. The van der Waals surface area contributed by atoms with E-state index in [1.54, 1.807) is 19.9 Å². The predicted molar refractivity (Wildman–Crippen MR) is 88.4 cm³/mol. The lowest BCUT2D eigenvalue weighted by molar-refractivity contribution is -0.143. The molecule has 0 saturated carbocycles. The number of amides is 1. The van der Waals surface area contributed by atoms with Crippen molar-refractivity contribution in [1.82, 2.24) is 5.32 Å². The smallest absolute Gasteiger partial charge is 0.328 e. The van der Waals surface area contributed by atoms with Gasteiger partial charge >= 0.3 is 5.97 Å². The van der Waals surface area contributed by atoms with Crippen molar-refractivity contribution in [3.63, 3.8) is 0 Å². The number of halogens is 2. The summed E-state index contributed by atoms with van der Waals surface area (Å²) in [4.78, 5) is 27.5. The van der Waals surface area contributed by atoms with Crippen LogP contribution < -0.4 is 5.32 Å². The summed E-state index contributed by atoms with van der Waals surface area (Å²) in [5.74, 6) is -2.27. The van der Waals surface area contributed by atoms with E-state index in [2.05, 4.69) is 10.3 Å². The van der Waals surface area contributed by atoms with Crippen molar-refractivity contribution in [3.8, 4) is 6.07 Å². The third-order valence-electron chi connectivity index (χ3n) is 2.64. The van der Waals surface area contributed by atoms with Crippen molar-refractivity contribution < 1.29 is 14.3 Å². The number of nitrogens with zero attached hydrogens (tertiary/aromatic N) is 2. The second-order valence-corrected chi connectivity index (χ2v) is 5.10. The molecule has 0 spiro atoms. The molecule has 0 fully saturated rings. The normalized spacial score (nSPS) is 11.8. The molecule has 1 atom stereocenters. The fourth-order valence-electron chi connectivity index (χ4n) is 1.62. The molecule has 1 amide bonds. The molecule has 0 aliphatic heterocycles. The van der Waals surface area contributed by atoms with E-state index in [1.165, 1.54) is 12.1 Å².